The van der Waals surface area contributed by atoms with E-state index in [4.69, 9.17) is 18.9 Å². The molecule has 10 nitrogen and oxygen atoms in total. The predicted molar refractivity (Wildman–Crippen MR) is 296 cm³/mol. The summed E-state index contributed by atoms with van der Waals surface area (Å²) in [6.07, 6.45) is 35.2. The number of unbranched alkanes of at least 4 members (excludes halogenated alkanes) is 14. The number of ether oxygens (including phenoxy) is 4. The minimum atomic E-state index is -0.342. The third-order valence-electron chi connectivity index (χ3n) is 14.7. The third kappa shape index (κ3) is 26.4. The van der Waals surface area contributed by atoms with Crippen molar-refractivity contribution in [1.82, 2.24) is 10.6 Å². The largest absolute Gasteiger partial charge is 0.494 e. The Hall–Kier alpha value is -4.60. The maximum absolute atomic E-state index is 12.4. The highest BCUT2D eigenvalue weighted by Crippen LogP contribution is 2.27. The van der Waals surface area contributed by atoms with Crippen molar-refractivity contribution < 1.29 is 38.1 Å². The van der Waals surface area contributed by atoms with Crippen LogP contribution >= 0.6 is 0 Å². The van der Waals surface area contributed by atoms with Gasteiger partial charge in [-0.25, -0.2) is 9.59 Å². The Morgan fingerprint density at radius 2 is 0.764 bits per heavy atom. The topological polar surface area (TPSA) is 129 Å². The van der Waals surface area contributed by atoms with E-state index in [0.717, 1.165) is 113 Å². The number of hydrogen-bond donors (Lipinski definition) is 2. The van der Waals surface area contributed by atoms with E-state index in [2.05, 4.69) is 24.5 Å². The molecule has 0 unspecified atom stereocenters. The molecule has 2 N–H and O–H groups in total. The number of carbonyl (C=O) groups excluding carboxylic acids is 4. The van der Waals surface area contributed by atoms with Crippen LogP contribution < -0.4 is 20.1 Å². The molecule has 0 saturated heterocycles. The molecular weight excluding hydrogens is 901 g/mol. The second-order valence-corrected chi connectivity index (χ2v) is 21.7. The fourth-order valence-electron chi connectivity index (χ4n) is 8.67. The fraction of sp³-hybridized carbons (Fsp3) is 0.677. The predicted octanol–water partition coefficient (Wildman–Crippen LogP) is 15.3. The maximum Gasteiger partial charge on any atom is 0.331 e. The van der Waals surface area contributed by atoms with Gasteiger partial charge in [0.2, 0.25) is 11.8 Å². The molecule has 404 valence electrons. The van der Waals surface area contributed by atoms with Crippen molar-refractivity contribution in [2.75, 3.05) is 13.2 Å². The molecule has 0 radical (unpaired) electrons. The molecule has 2 aliphatic rings. The summed E-state index contributed by atoms with van der Waals surface area (Å²) >= 11 is 0. The van der Waals surface area contributed by atoms with Crippen molar-refractivity contribution in [3.05, 3.63) is 71.8 Å². The van der Waals surface area contributed by atoms with Gasteiger partial charge in [0.15, 0.2) is 0 Å². The van der Waals surface area contributed by atoms with Crippen molar-refractivity contribution in [1.29, 1.82) is 0 Å². The van der Waals surface area contributed by atoms with E-state index in [1.807, 2.05) is 90.1 Å². The second kappa shape index (κ2) is 35.5. The molecule has 2 aromatic rings. The van der Waals surface area contributed by atoms with E-state index in [1.54, 1.807) is 12.2 Å². The summed E-state index contributed by atoms with van der Waals surface area (Å²) in [7, 11) is 0. The summed E-state index contributed by atoms with van der Waals surface area (Å²) in [5.41, 5.74) is 1.20. The molecule has 2 fully saturated rings. The molecule has 2 aromatic carbocycles. The lowest BCUT2D eigenvalue weighted by Gasteiger charge is -2.31. The van der Waals surface area contributed by atoms with Gasteiger partial charge in [-0.15, -0.1) is 0 Å². The van der Waals surface area contributed by atoms with Crippen molar-refractivity contribution in [2.24, 2.45) is 10.8 Å². The summed E-state index contributed by atoms with van der Waals surface area (Å²) in [5, 5.41) is 6.32. The van der Waals surface area contributed by atoms with Crippen LogP contribution in [0.25, 0.3) is 12.2 Å². The second-order valence-electron chi connectivity index (χ2n) is 21.7. The van der Waals surface area contributed by atoms with E-state index >= 15 is 0 Å². The summed E-state index contributed by atoms with van der Waals surface area (Å²) < 4.78 is 22.9. The van der Waals surface area contributed by atoms with E-state index in [1.165, 1.54) is 102 Å². The van der Waals surface area contributed by atoms with Crippen LogP contribution in [0.3, 0.4) is 0 Å². The van der Waals surface area contributed by atoms with E-state index in [9.17, 15) is 19.2 Å². The Kier molecular flexibility index (Phi) is 30.5. The first-order valence-corrected chi connectivity index (χ1v) is 28.5. The zero-order valence-corrected chi connectivity index (χ0v) is 46.3. The van der Waals surface area contributed by atoms with Crippen molar-refractivity contribution >= 4 is 35.9 Å². The van der Waals surface area contributed by atoms with Gasteiger partial charge in [0.05, 0.1) is 13.2 Å². The Bertz CT molecular complexity index is 1850. The minimum Gasteiger partial charge on any atom is -0.494 e. The van der Waals surface area contributed by atoms with Gasteiger partial charge in [-0.05, 0) is 125 Å². The monoisotopic (exact) mass is 999 g/mol. The van der Waals surface area contributed by atoms with Crippen LogP contribution in [0.15, 0.2) is 60.7 Å². The lowest BCUT2D eigenvalue weighted by Crippen LogP contribution is -2.45. The van der Waals surface area contributed by atoms with Gasteiger partial charge in [-0.1, -0.05) is 170 Å². The highest BCUT2D eigenvalue weighted by molar-refractivity contribution is 5.88. The summed E-state index contributed by atoms with van der Waals surface area (Å²) in [5.74, 6) is 1.32. The number of hydrogen-bond acceptors (Lipinski definition) is 8. The average molecular weight is 999 g/mol. The fourth-order valence-corrected chi connectivity index (χ4v) is 8.67. The van der Waals surface area contributed by atoms with Crippen LogP contribution in [0.4, 0.5) is 0 Å². The Labute approximate surface area is 437 Å². The number of benzene rings is 2. The van der Waals surface area contributed by atoms with E-state index in [-0.39, 0.29) is 58.9 Å². The third-order valence-corrected chi connectivity index (χ3v) is 14.7. The first-order chi connectivity index (χ1) is 34.7. The smallest absolute Gasteiger partial charge is 0.331 e. The molecule has 10 heteroatoms. The molecule has 0 heterocycles. The van der Waals surface area contributed by atoms with E-state index < -0.39 is 0 Å². The van der Waals surface area contributed by atoms with Gasteiger partial charge in [0.1, 0.15) is 23.7 Å². The highest BCUT2D eigenvalue weighted by atomic mass is 16.5. The first-order valence-electron chi connectivity index (χ1n) is 28.5. The van der Waals surface area contributed by atoms with Crippen LogP contribution in [0.5, 0.6) is 11.5 Å². The Morgan fingerprint density at radius 1 is 0.458 bits per heavy atom. The van der Waals surface area contributed by atoms with Crippen molar-refractivity contribution in [3.63, 3.8) is 0 Å². The number of rotatable bonds is 32. The highest BCUT2D eigenvalue weighted by Gasteiger charge is 2.31. The Balaban J connectivity index is 0.000000383. The lowest BCUT2D eigenvalue weighted by molar-refractivity contribution is -0.145. The molecule has 0 aliphatic heterocycles. The average Bonchev–Trinajstić information content (AvgIpc) is 3.38. The SMILES string of the molecule is CCCCCCCCCCCCOc1ccc(/C=C/C(=O)OC2CCC(NC(=O)C(C)(C)CC)CC2)cc1.CCCCCCCCOc1ccc(/C=C/C(=O)OC2CCC(NC(=O)C(C)(C)CC)CC2)cc1. The van der Waals surface area contributed by atoms with Gasteiger partial charge in [0.25, 0.3) is 0 Å². The summed E-state index contributed by atoms with van der Waals surface area (Å²) in [6.45, 7) is 17.9. The molecule has 0 spiro atoms. The lowest BCUT2D eigenvalue weighted by atomic mass is 9.87. The normalized spacial score (nSPS) is 18.2. The molecule has 0 bridgehead atoms. The van der Waals surface area contributed by atoms with Crippen LogP contribution in [0.2, 0.25) is 0 Å². The van der Waals surface area contributed by atoms with Crippen molar-refractivity contribution in [2.45, 2.75) is 247 Å². The van der Waals surface area contributed by atoms with Gasteiger partial charge in [-0.2, -0.15) is 0 Å². The number of esters is 2. The molecule has 72 heavy (non-hydrogen) atoms. The molecule has 4 rings (SSSR count). The molecule has 2 amide bonds. The summed E-state index contributed by atoms with van der Waals surface area (Å²) in [6, 6.07) is 16.0. The van der Waals surface area contributed by atoms with Gasteiger partial charge in [-0.3, -0.25) is 9.59 Å². The minimum absolute atomic E-state index is 0.0813. The van der Waals surface area contributed by atoms with Crippen LogP contribution in [0, 0.1) is 10.8 Å². The number of amides is 2. The molecular formula is C62H98N2O8. The van der Waals surface area contributed by atoms with Crippen molar-refractivity contribution in [3.8, 4) is 11.5 Å². The molecule has 0 aromatic heterocycles. The van der Waals surface area contributed by atoms with Gasteiger partial charge < -0.3 is 29.6 Å². The zero-order valence-electron chi connectivity index (χ0n) is 46.3. The quantitative estimate of drug-likeness (QED) is 0.0421. The standard InChI is InChI=1S/C33H53NO4.C29H45NO4/c1-5-7-8-9-10-11-12-13-14-15-26-37-29-21-16-27(17-22-29)18-25-31(35)38-30-23-19-28(20-24-30)34-32(36)33(3,4)6-2;1-5-7-8-9-10-11-22-33-25-17-12-23(13-18-25)14-21-27(31)34-26-19-15-24(16-20-26)30-28(32)29(3,4)6-2/h16-18,21-22,25,28,30H,5-15,19-20,23-24,26H2,1-4H3,(H,34,36);12-14,17-18,21,24,26H,5-11,15-16,19-20,22H2,1-4H3,(H,30,32)/b25-18+;21-14+. The maximum atomic E-state index is 12.4. The van der Waals surface area contributed by atoms with E-state index in [0.29, 0.717) is 0 Å². The number of carbonyl (C=O) groups is 4. The van der Waals surface area contributed by atoms with Gasteiger partial charge >= 0.3 is 11.9 Å². The number of nitrogens with one attached hydrogen (secondary N) is 2. The van der Waals surface area contributed by atoms with Crippen LogP contribution in [0.1, 0.15) is 233 Å². The molecule has 0 atom stereocenters. The van der Waals surface area contributed by atoms with Crippen LogP contribution in [-0.4, -0.2) is 61.3 Å². The van der Waals surface area contributed by atoms with Gasteiger partial charge in [0, 0.05) is 35.1 Å². The Morgan fingerprint density at radius 3 is 1.07 bits per heavy atom. The van der Waals surface area contributed by atoms with Crippen LogP contribution in [-0.2, 0) is 28.7 Å². The summed E-state index contributed by atoms with van der Waals surface area (Å²) in [4.78, 5) is 49.3. The molecule has 2 saturated carbocycles. The zero-order chi connectivity index (χ0) is 52.5. The first kappa shape index (κ1) is 61.7. The molecule has 2 aliphatic carbocycles.